The number of hydrogen-bond acceptors (Lipinski definition) is 3. The molecule has 2 heterocycles. The van der Waals surface area contributed by atoms with Crippen molar-refractivity contribution >= 4 is 39.1 Å². The van der Waals surface area contributed by atoms with Crippen molar-refractivity contribution in [2.45, 2.75) is 0 Å². The topological polar surface area (TPSA) is 57.8 Å². The molecule has 0 aliphatic carbocycles. The van der Waals surface area contributed by atoms with Gasteiger partial charge in [0.2, 0.25) is 5.95 Å². The largest absolute Gasteiger partial charge is 0.331 e. The molecule has 0 bridgehead atoms. The lowest BCUT2D eigenvalue weighted by Gasteiger charge is -1.97. The van der Waals surface area contributed by atoms with Crippen molar-refractivity contribution in [3.63, 3.8) is 0 Å². The summed E-state index contributed by atoms with van der Waals surface area (Å²) in [5.74, 6) is 0.301. The molecule has 0 aliphatic rings. The number of halogens is 1. The van der Waals surface area contributed by atoms with Crippen molar-refractivity contribution < 1.29 is 4.79 Å². The van der Waals surface area contributed by atoms with Crippen molar-refractivity contribution in [3.8, 4) is 0 Å². The Hall–Kier alpha value is -1.14. The lowest BCUT2D eigenvalue weighted by molar-refractivity contribution is 0.103. The first kappa shape index (κ1) is 9.42. The molecular weight excluding hydrogens is 266 g/mol. The quantitative estimate of drug-likeness (QED) is 0.882. The van der Waals surface area contributed by atoms with Crippen LogP contribution in [0.3, 0.4) is 0 Å². The van der Waals surface area contributed by atoms with Gasteiger partial charge >= 0.3 is 0 Å². The summed E-state index contributed by atoms with van der Waals surface area (Å²) >= 11 is 4.67. The molecule has 0 aliphatic heterocycles. The minimum Gasteiger partial charge on any atom is -0.331 e. The molecule has 0 fully saturated rings. The fraction of sp³-hybridized carbons (Fsp3) is 0. The Morgan fingerprint density at radius 1 is 1.57 bits per heavy atom. The number of amides is 1. The molecule has 4 nitrogen and oxygen atoms in total. The molecule has 0 saturated carbocycles. The van der Waals surface area contributed by atoms with E-state index in [1.807, 2.05) is 6.07 Å². The van der Waals surface area contributed by atoms with Crippen LogP contribution in [0.1, 0.15) is 9.67 Å². The highest BCUT2D eigenvalue weighted by Crippen LogP contribution is 2.22. The Morgan fingerprint density at radius 2 is 2.43 bits per heavy atom. The van der Waals surface area contributed by atoms with Crippen LogP contribution < -0.4 is 5.32 Å². The van der Waals surface area contributed by atoms with Crippen molar-refractivity contribution in [3.05, 3.63) is 33.2 Å². The van der Waals surface area contributed by atoms with Crippen LogP contribution in [0, 0.1) is 0 Å². The molecular formula is C8H6BrN3OS. The number of nitrogens with zero attached hydrogens (tertiary/aromatic N) is 1. The molecule has 72 valence electrons. The normalized spacial score (nSPS) is 10.1. The standard InChI is InChI=1S/C8H6BrN3OS/c9-6-2-1-5(14-6)7(13)12-8-10-3-4-11-8/h1-4H,(H2,10,11,12,13). The highest BCUT2D eigenvalue weighted by molar-refractivity contribution is 9.11. The zero-order valence-corrected chi connectivity index (χ0v) is 9.35. The van der Waals surface area contributed by atoms with E-state index in [9.17, 15) is 4.79 Å². The molecule has 0 spiro atoms. The molecule has 0 radical (unpaired) electrons. The number of nitrogens with one attached hydrogen (secondary N) is 2. The van der Waals surface area contributed by atoms with Gasteiger partial charge in [0, 0.05) is 12.4 Å². The predicted octanol–water partition coefficient (Wildman–Crippen LogP) is 2.49. The number of anilines is 1. The third kappa shape index (κ3) is 2.02. The summed E-state index contributed by atoms with van der Waals surface area (Å²) in [6, 6.07) is 3.59. The minimum absolute atomic E-state index is 0.157. The number of thiophene rings is 1. The highest BCUT2D eigenvalue weighted by atomic mass is 79.9. The van der Waals surface area contributed by atoms with E-state index in [4.69, 9.17) is 0 Å². The van der Waals surface area contributed by atoms with Gasteiger partial charge in [-0.25, -0.2) is 4.98 Å². The average Bonchev–Trinajstić information content (AvgIpc) is 2.75. The third-order valence-corrected chi connectivity index (χ3v) is 3.15. The van der Waals surface area contributed by atoms with Gasteiger partial charge in [-0.05, 0) is 28.1 Å². The van der Waals surface area contributed by atoms with E-state index >= 15 is 0 Å². The molecule has 0 saturated heterocycles. The SMILES string of the molecule is O=C(Nc1ncc[nH]1)c1ccc(Br)s1. The molecule has 1 amide bonds. The van der Waals surface area contributed by atoms with E-state index in [1.165, 1.54) is 11.3 Å². The maximum atomic E-state index is 11.5. The smallest absolute Gasteiger partial charge is 0.268 e. The molecule has 0 atom stereocenters. The second-order valence-corrected chi connectivity index (χ2v) is 4.96. The van der Waals surface area contributed by atoms with Gasteiger partial charge in [-0.2, -0.15) is 0 Å². The number of carbonyl (C=O) groups is 1. The first-order valence-electron chi connectivity index (χ1n) is 3.82. The second-order valence-electron chi connectivity index (χ2n) is 2.50. The van der Waals surface area contributed by atoms with E-state index in [0.29, 0.717) is 10.8 Å². The Balaban J connectivity index is 2.10. The van der Waals surface area contributed by atoms with E-state index in [0.717, 1.165) is 3.79 Å². The number of aromatic amines is 1. The van der Waals surface area contributed by atoms with Crippen LogP contribution in [0.25, 0.3) is 0 Å². The summed E-state index contributed by atoms with van der Waals surface area (Å²) in [6.07, 6.45) is 3.24. The number of imidazole rings is 1. The zero-order chi connectivity index (χ0) is 9.97. The number of rotatable bonds is 2. The Bertz CT molecular complexity index is 437. The van der Waals surface area contributed by atoms with Crippen LogP contribution >= 0.6 is 27.3 Å². The van der Waals surface area contributed by atoms with E-state index in [2.05, 4.69) is 31.2 Å². The van der Waals surface area contributed by atoms with E-state index in [1.54, 1.807) is 18.5 Å². The summed E-state index contributed by atoms with van der Waals surface area (Å²) in [5.41, 5.74) is 0. The summed E-state index contributed by atoms with van der Waals surface area (Å²) < 4.78 is 0.932. The summed E-state index contributed by atoms with van der Waals surface area (Å²) in [6.45, 7) is 0. The van der Waals surface area contributed by atoms with Crippen molar-refractivity contribution in [1.29, 1.82) is 0 Å². The minimum atomic E-state index is -0.157. The molecule has 14 heavy (non-hydrogen) atoms. The Kier molecular flexibility index (Phi) is 2.64. The first-order chi connectivity index (χ1) is 6.75. The van der Waals surface area contributed by atoms with Gasteiger partial charge in [0.1, 0.15) is 0 Å². The van der Waals surface area contributed by atoms with Gasteiger partial charge in [0.25, 0.3) is 5.91 Å². The molecule has 2 rings (SSSR count). The predicted molar refractivity (Wildman–Crippen MR) is 58.6 cm³/mol. The van der Waals surface area contributed by atoms with E-state index in [-0.39, 0.29) is 5.91 Å². The third-order valence-electron chi connectivity index (χ3n) is 1.53. The lowest BCUT2D eigenvalue weighted by atomic mass is 10.4. The molecule has 0 unspecified atom stereocenters. The van der Waals surface area contributed by atoms with Crippen molar-refractivity contribution in [2.24, 2.45) is 0 Å². The summed E-state index contributed by atoms with van der Waals surface area (Å²) in [4.78, 5) is 18.9. The van der Waals surface area contributed by atoms with Crippen LogP contribution in [0.4, 0.5) is 5.95 Å². The number of hydrogen-bond donors (Lipinski definition) is 2. The van der Waals surface area contributed by atoms with Gasteiger partial charge in [-0.1, -0.05) is 0 Å². The Labute approximate surface area is 92.5 Å². The van der Waals surface area contributed by atoms with Crippen molar-refractivity contribution in [1.82, 2.24) is 9.97 Å². The fourth-order valence-corrected chi connectivity index (χ4v) is 2.22. The molecule has 6 heteroatoms. The van der Waals surface area contributed by atoms with Crippen LogP contribution in [0.5, 0.6) is 0 Å². The van der Waals surface area contributed by atoms with Gasteiger partial charge in [-0.15, -0.1) is 11.3 Å². The van der Waals surface area contributed by atoms with Gasteiger partial charge in [-0.3, -0.25) is 10.1 Å². The first-order valence-corrected chi connectivity index (χ1v) is 5.43. The lowest BCUT2D eigenvalue weighted by Crippen LogP contribution is -2.10. The van der Waals surface area contributed by atoms with Crippen LogP contribution in [-0.2, 0) is 0 Å². The second kappa shape index (κ2) is 3.93. The summed E-state index contributed by atoms with van der Waals surface area (Å²) in [7, 11) is 0. The van der Waals surface area contributed by atoms with Gasteiger partial charge in [0.05, 0.1) is 8.66 Å². The summed E-state index contributed by atoms with van der Waals surface area (Å²) in [5, 5.41) is 2.64. The molecule has 2 aromatic heterocycles. The number of H-pyrrole nitrogens is 1. The number of carbonyl (C=O) groups excluding carboxylic acids is 1. The van der Waals surface area contributed by atoms with Gasteiger partial charge in [0.15, 0.2) is 0 Å². The van der Waals surface area contributed by atoms with E-state index < -0.39 is 0 Å². The maximum Gasteiger partial charge on any atom is 0.268 e. The Morgan fingerprint density at radius 3 is 3.00 bits per heavy atom. The zero-order valence-electron chi connectivity index (χ0n) is 6.95. The monoisotopic (exact) mass is 271 g/mol. The van der Waals surface area contributed by atoms with Crippen LogP contribution in [-0.4, -0.2) is 15.9 Å². The van der Waals surface area contributed by atoms with Crippen LogP contribution in [0.15, 0.2) is 28.3 Å². The average molecular weight is 272 g/mol. The molecule has 2 N–H and O–H groups in total. The van der Waals surface area contributed by atoms with Gasteiger partial charge < -0.3 is 4.98 Å². The fourth-order valence-electron chi connectivity index (χ4n) is 0.939. The molecule has 2 aromatic rings. The van der Waals surface area contributed by atoms with Crippen LogP contribution in [0.2, 0.25) is 0 Å². The van der Waals surface area contributed by atoms with Crippen molar-refractivity contribution in [2.75, 3.05) is 5.32 Å². The maximum absolute atomic E-state index is 11.5. The highest BCUT2D eigenvalue weighted by Gasteiger charge is 2.09. The number of aromatic nitrogens is 2. The molecule has 0 aromatic carbocycles.